The fourth-order valence-electron chi connectivity index (χ4n) is 2.08. The molecule has 0 aliphatic carbocycles. The van der Waals surface area contributed by atoms with Gasteiger partial charge in [-0.1, -0.05) is 24.3 Å². The summed E-state index contributed by atoms with van der Waals surface area (Å²) >= 11 is 0. The van der Waals surface area contributed by atoms with Crippen LogP contribution in [0.2, 0.25) is 0 Å². The van der Waals surface area contributed by atoms with E-state index in [1.54, 1.807) is 0 Å². The zero-order valence-electron chi connectivity index (χ0n) is 13.1. The third-order valence-electron chi connectivity index (χ3n) is 3.36. The third-order valence-corrected chi connectivity index (χ3v) is 3.36. The molecule has 116 valence electrons. The minimum Gasteiger partial charge on any atom is -0.494 e. The highest BCUT2D eigenvalue weighted by molar-refractivity contribution is 5.80. The molecule has 0 aliphatic heterocycles. The van der Waals surface area contributed by atoms with E-state index in [0.717, 1.165) is 17.0 Å². The summed E-state index contributed by atoms with van der Waals surface area (Å²) in [5.74, 6) is 0.800. The number of nitrogens with one attached hydrogen (secondary N) is 2. The van der Waals surface area contributed by atoms with Crippen molar-refractivity contribution >= 4 is 11.6 Å². The van der Waals surface area contributed by atoms with Gasteiger partial charge >= 0.3 is 0 Å². The van der Waals surface area contributed by atoms with Crippen LogP contribution < -0.4 is 15.4 Å². The molecule has 0 aliphatic rings. The molecule has 0 unspecified atom stereocenters. The van der Waals surface area contributed by atoms with E-state index < -0.39 is 0 Å². The normalized spacial score (nSPS) is 10.1. The summed E-state index contributed by atoms with van der Waals surface area (Å²) in [6.07, 6.45) is 0. The second-order valence-electron chi connectivity index (χ2n) is 5.01. The summed E-state index contributed by atoms with van der Waals surface area (Å²) in [5, 5.41) is 6.01. The zero-order chi connectivity index (χ0) is 15.8. The Bertz CT molecular complexity index is 609. The fourth-order valence-corrected chi connectivity index (χ4v) is 2.08. The Morgan fingerprint density at radius 1 is 1.09 bits per heavy atom. The highest BCUT2D eigenvalue weighted by Crippen LogP contribution is 2.15. The van der Waals surface area contributed by atoms with Crippen LogP contribution in [-0.4, -0.2) is 19.1 Å². The first-order valence-corrected chi connectivity index (χ1v) is 7.47. The van der Waals surface area contributed by atoms with Gasteiger partial charge in [0.2, 0.25) is 5.91 Å². The van der Waals surface area contributed by atoms with Gasteiger partial charge in [-0.05, 0) is 49.2 Å². The van der Waals surface area contributed by atoms with Crippen molar-refractivity contribution in [2.24, 2.45) is 0 Å². The smallest absolute Gasteiger partial charge is 0.239 e. The summed E-state index contributed by atoms with van der Waals surface area (Å²) in [7, 11) is 0. The van der Waals surface area contributed by atoms with Gasteiger partial charge in [0, 0.05) is 12.2 Å². The molecule has 0 saturated carbocycles. The van der Waals surface area contributed by atoms with Gasteiger partial charge in [0.05, 0.1) is 13.2 Å². The van der Waals surface area contributed by atoms with Gasteiger partial charge < -0.3 is 15.4 Å². The molecule has 0 atom stereocenters. The molecule has 0 fully saturated rings. The largest absolute Gasteiger partial charge is 0.494 e. The first kappa shape index (κ1) is 15.9. The van der Waals surface area contributed by atoms with Crippen LogP contribution >= 0.6 is 0 Å². The summed E-state index contributed by atoms with van der Waals surface area (Å²) in [4.78, 5) is 11.9. The summed E-state index contributed by atoms with van der Waals surface area (Å²) in [5.41, 5.74) is 3.22. The summed E-state index contributed by atoms with van der Waals surface area (Å²) in [6, 6.07) is 15.6. The minimum atomic E-state index is -0.0304. The van der Waals surface area contributed by atoms with E-state index in [2.05, 4.69) is 10.6 Å². The summed E-state index contributed by atoms with van der Waals surface area (Å²) < 4.78 is 5.38. The van der Waals surface area contributed by atoms with Crippen LogP contribution in [0.25, 0.3) is 0 Å². The van der Waals surface area contributed by atoms with Crippen LogP contribution in [0.1, 0.15) is 18.1 Å². The molecule has 4 nitrogen and oxygen atoms in total. The van der Waals surface area contributed by atoms with Crippen molar-refractivity contribution in [3.05, 3.63) is 59.7 Å². The fraction of sp³-hybridized carbons (Fsp3) is 0.278. The van der Waals surface area contributed by atoms with Gasteiger partial charge in [-0.2, -0.15) is 0 Å². The average Bonchev–Trinajstić information content (AvgIpc) is 2.54. The molecule has 2 aromatic carbocycles. The lowest BCUT2D eigenvalue weighted by atomic mass is 10.1. The molecule has 0 heterocycles. The molecule has 0 saturated heterocycles. The van der Waals surface area contributed by atoms with Crippen LogP contribution in [0.5, 0.6) is 5.75 Å². The van der Waals surface area contributed by atoms with Gasteiger partial charge in [-0.15, -0.1) is 0 Å². The molecule has 0 bridgehead atoms. The van der Waals surface area contributed by atoms with E-state index in [9.17, 15) is 4.79 Å². The van der Waals surface area contributed by atoms with E-state index in [0.29, 0.717) is 13.2 Å². The summed E-state index contributed by atoms with van der Waals surface area (Å²) in [6.45, 7) is 5.44. The van der Waals surface area contributed by atoms with Crippen LogP contribution in [0, 0.1) is 6.92 Å². The SMILES string of the molecule is CCOc1ccc(NCC(=O)NCc2ccccc2C)cc1. The topological polar surface area (TPSA) is 50.4 Å². The maximum atomic E-state index is 11.9. The van der Waals surface area contributed by atoms with Gasteiger partial charge in [0.1, 0.15) is 5.75 Å². The number of amides is 1. The molecule has 2 aromatic rings. The van der Waals surface area contributed by atoms with E-state index in [-0.39, 0.29) is 12.5 Å². The second kappa shape index (κ2) is 8.08. The predicted octanol–water partition coefficient (Wildman–Crippen LogP) is 3.12. The van der Waals surface area contributed by atoms with E-state index in [1.165, 1.54) is 5.56 Å². The first-order valence-electron chi connectivity index (χ1n) is 7.47. The van der Waals surface area contributed by atoms with Crippen molar-refractivity contribution in [1.82, 2.24) is 5.32 Å². The lowest BCUT2D eigenvalue weighted by molar-refractivity contribution is -0.119. The van der Waals surface area contributed by atoms with Crippen molar-refractivity contribution in [1.29, 1.82) is 0 Å². The maximum absolute atomic E-state index is 11.9. The molecule has 0 spiro atoms. The minimum absolute atomic E-state index is 0.0304. The highest BCUT2D eigenvalue weighted by Gasteiger charge is 2.03. The first-order chi connectivity index (χ1) is 10.7. The molecular formula is C18H22N2O2. The average molecular weight is 298 g/mol. The van der Waals surface area contributed by atoms with Crippen molar-refractivity contribution in [2.45, 2.75) is 20.4 Å². The number of hydrogen-bond acceptors (Lipinski definition) is 3. The lowest BCUT2D eigenvalue weighted by Gasteiger charge is -2.10. The third kappa shape index (κ3) is 4.81. The number of aryl methyl sites for hydroxylation is 1. The number of ether oxygens (including phenoxy) is 1. The van der Waals surface area contributed by atoms with Gasteiger partial charge in [-0.3, -0.25) is 4.79 Å². The van der Waals surface area contributed by atoms with Crippen molar-refractivity contribution in [3.8, 4) is 5.75 Å². The molecule has 0 radical (unpaired) electrons. The number of carbonyl (C=O) groups excluding carboxylic acids is 1. The molecule has 0 aromatic heterocycles. The molecule has 4 heteroatoms. The standard InChI is InChI=1S/C18H22N2O2/c1-3-22-17-10-8-16(9-11-17)19-13-18(21)20-12-15-7-5-4-6-14(15)2/h4-11,19H,3,12-13H2,1-2H3,(H,20,21). The maximum Gasteiger partial charge on any atom is 0.239 e. The lowest BCUT2D eigenvalue weighted by Crippen LogP contribution is -2.29. The van der Waals surface area contributed by atoms with Crippen LogP contribution in [-0.2, 0) is 11.3 Å². The van der Waals surface area contributed by atoms with Crippen molar-refractivity contribution < 1.29 is 9.53 Å². The Kier molecular flexibility index (Phi) is 5.83. The Morgan fingerprint density at radius 3 is 2.50 bits per heavy atom. The number of rotatable bonds is 7. The molecule has 2 rings (SSSR count). The quantitative estimate of drug-likeness (QED) is 0.825. The molecule has 1 amide bonds. The van der Waals surface area contributed by atoms with Crippen LogP contribution in [0.4, 0.5) is 5.69 Å². The Morgan fingerprint density at radius 2 is 1.82 bits per heavy atom. The van der Waals surface area contributed by atoms with Gasteiger partial charge in [0.25, 0.3) is 0 Å². The van der Waals surface area contributed by atoms with Crippen LogP contribution in [0.15, 0.2) is 48.5 Å². The van der Waals surface area contributed by atoms with E-state index >= 15 is 0 Å². The molecular weight excluding hydrogens is 276 g/mol. The van der Waals surface area contributed by atoms with Crippen molar-refractivity contribution in [3.63, 3.8) is 0 Å². The monoisotopic (exact) mass is 298 g/mol. The Labute approximate surface area is 131 Å². The Hall–Kier alpha value is -2.49. The van der Waals surface area contributed by atoms with E-state index in [4.69, 9.17) is 4.74 Å². The number of anilines is 1. The Balaban J connectivity index is 1.76. The zero-order valence-corrected chi connectivity index (χ0v) is 13.1. The molecule has 2 N–H and O–H groups in total. The van der Waals surface area contributed by atoms with Gasteiger partial charge in [-0.25, -0.2) is 0 Å². The van der Waals surface area contributed by atoms with E-state index in [1.807, 2.05) is 62.4 Å². The highest BCUT2D eigenvalue weighted by atomic mass is 16.5. The molecule has 22 heavy (non-hydrogen) atoms. The van der Waals surface area contributed by atoms with Crippen LogP contribution in [0.3, 0.4) is 0 Å². The second-order valence-corrected chi connectivity index (χ2v) is 5.01. The predicted molar refractivity (Wildman–Crippen MR) is 89.1 cm³/mol. The van der Waals surface area contributed by atoms with Crippen molar-refractivity contribution in [2.75, 3.05) is 18.5 Å². The van der Waals surface area contributed by atoms with Gasteiger partial charge in [0.15, 0.2) is 0 Å². The number of hydrogen-bond donors (Lipinski definition) is 2. The number of carbonyl (C=O) groups is 1. The number of benzene rings is 2.